The van der Waals surface area contributed by atoms with Crippen molar-refractivity contribution in [1.82, 2.24) is 0 Å². The van der Waals surface area contributed by atoms with E-state index < -0.39 is 17.9 Å². The first-order valence-corrected chi connectivity index (χ1v) is 7.61. The highest BCUT2D eigenvalue weighted by Crippen LogP contribution is 2.20. The predicted molar refractivity (Wildman–Crippen MR) is 78.9 cm³/mol. The van der Waals surface area contributed by atoms with E-state index in [0.717, 1.165) is 31.2 Å². The molecule has 0 saturated carbocycles. The number of unbranched alkanes of at least 4 members (excludes halogenated alkanes) is 4. The van der Waals surface area contributed by atoms with Crippen LogP contribution in [0.1, 0.15) is 70.4 Å². The summed E-state index contributed by atoms with van der Waals surface area (Å²) < 4.78 is 0. The molecule has 126 valence electrons. The molecule has 0 radical (unpaired) electrons. The van der Waals surface area contributed by atoms with E-state index in [1.54, 1.807) is 13.0 Å². The van der Waals surface area contributed by atoms with Gasteiger partial charge in [0, 0.05) is 17.5 Å². The Morgan fingerprint density at radius 2 is 1.57 bits per heavy atom. The van der Waals surface area contributed by atoms with Gasteiger partial charge in [0.2, 0.25) is 0 Å². The third kappa shape index (κ3) is 5.73. The Kier molecular flexibility index (Phi) is 7.25. The number of rotatable bonds is 10. The van der Waals surface area contributed by atoms with Crippen molar-refractivity contribution in [2.75, 3.05) is 0 Å². The minimum Gasteiger partial charge on any atom is -0.545 e. The molecule has 0 heterocycles. The summed E-state index contributed by atoms with van der Waals surface area (Å²) in [5, 5.41) is 30.6. The fourth-order valence-electron chi connectivity index (χ4n) is 2.58. The van der Waals surface area contributed by atoms with Crippen molar-refractivity contribution in [1.29, 1.82) is 0 Å². The minimum atomic E-state index is -1.53. The zero-order valence-corrected chi connectivity index (χ0v) is 13.1. The molecule has 6 nitrogen and oxygen atoms in total. The van der Waals surface area contributed by atoms with E-state index in [-0.39, 0.29) is 17.5 Å². The third-order valence-electron chi connectivity index (χ3n) is 3.84. The maximum Gasteiger partial charge on any atom is 0.303 e. The lowest BCUT2D eigenvalue weighted by Crippen LogP contribution is -2.31. The highest BCUT2D eigenvalue weighted by molar-refractivity contribution is 6.01. The maximum absolute atomic E-state index is 11.2. The minimum absolute atomic E-state index is 0.179. The predicted octanol–water partition coefficient (Wildman–Crippen LogP) is 0.690. The number of carboxylic acid groups (broad SMARTS) is 3. The number of carboxylic acids is 3. The summed E-state index contributed by atoms with van der Waals surface area (Å²) in [5.41, 5.74) is 0.501. The fourth-order valence-corrected chi connectivity index (χ4v) is 2.58. The summed E-state index contributed by atoms with van der Waals surface area (Å²) in [7, 11) is 0. The number of carbonyl (C=O) groups is 3. The number of hydrogen-bond acceptors (Lipinski definition) is 5. The molecule has 0 aliphatic heterocycles. The molecular weight excluding hydrogens is 300 g/mol. The first kappa shape index (κ1) is 18.7. The van der Waals surface area contributed by atoms with Gasteiger partial charge < -0.3 is 24.9 Å². The lowest BCUT2D eigenvalue weighted by atomic mass is 9.93. The average Bonchev–Trinajstić information content (AvgIpc) is 2.46. The van der Waals surface area contributed by atoms with E-state index in [9.17, 15) is 24.6 Å². The number of benzene rings is 1. The van der Waals surface area contributed by atoms with Gasteiger partial charge in [-0.15, -0.1) is 0 Å². The Balaban J connectivity index is 2.58. The largest absolute Gasteiger partial charge is 0.545 e. The van der Waals surface area contributed by atoms with Crippen molar-refractivity contribution in [2.24, 2.45) is 0 Å². The van der Waals surface area contributed by atoms with E-state index >= 15 is 0 Å². The van der Waals surface area contributed by atoms with Gasteiger partial charge in [0.05, 0.1) is 11.9 Å². The molecule has 0 aliphatic rings. The topological polar surface area (TPSA) is 118 Å². The molecule has 0 atom stereocenters. The smallest absolute Gasteiger partial charge is 0.303 e. The summed E-state index contributed by atoms with van der Waals surface area (Å²) in [6.07, 6.45) is 4.96. The number of carbonyl (C=O) groups excluding carboxylic acids is 2. The van der Waals surface area contributed by atoms with Crippen LogP contribution in [0.4, 0.5) is 0 Å². The molecule has 0 amide bonds. The van der Waals surface area contributed by atoms with Gasteiger partial charge in [-0.3, -0.25) is 4.79 Å². The first-order chi connectivity index (χ1) is 10.8. The van der Waals surface area contributed by atoms with Crippen LogP contribution in [0.25, 0.3) is 0 Å². The Morgan fingerprint density at radius 3 is 2.13 bits per heavy atom. The second-order valence-corrected chi connectivity index (χ2v) is 5.51. The molecule has 0 saturated heterocycles. The van der Waals surface area contributed by atoms with Gasteiger partial charge in [-0.1, -0.05) is 31.4 Å². The lowest BCUT2D eigenvalue weighted by Gasteiger charge is -2.17. The number of aromatic carboxylic acids is 2. The fraction of sp³-hybridized carbons (Fsp3) is 0.471. The van der Waals surface area contributed by atoms with Crippen molar-refractivity contribution in [3.8, 4) is 0 Å². The van der Waals surface area contributed by atoms with Crippen LogP contribution in [-0.4, -0.2) is 23.0 Å². The van der Waals surface area contributed by atoms with Gasteiger partial charge in [-0.25, -0.2) is 0 Å². The highest BCUT2D eigenvalue weighted by Gasteiger charge is 2.11. The Morgan fingerprint density at radius 1 is 0.957 bits per heavy atom. The third-order valence-corrected chi connectivity index (χ3v) is 3.84. The lowest BCUT2D eigenvalue weighted by molar-refractivity contribution is -0.259. The van der Waals surface area contributed by atoms with Crippen LogP contribution in [0.15, 0.2) is 12.1 Å². The molecular formula is C17H20O6-2. The van der Waals surface area contributed by atoms with Crippen molar-refractivity contribution in [3.63, 3.8) is 0 Å². The SMILES string of the molecule is Cc1c(CCCCCCCC(=O)O)ccc(C(=O)[O-])c1C(=O)[O-]. The summed E-state index contributed by atoms with van der Waals surface area (Å²) in [4.78, 5) is 32.5. The summed E-state index contributed by atoms with van der Waals surface area (Å²) in [6, 6.07) is 2.85. The Bertz CT molecular complexity index is 591. The normalized spacial score (nSPS) is 10.5. The number of aliphatic carboxylic acids is 1. The van der Waals surface area contributed by atoms with E-state index in [0.29, 0.717) is 18.4 Å². The molecule has 1 aromatic carbocycles. The van der Waals surface area contributed by atoms with Crippen molar-refractivity contribution >= 4 is 17.9 Å². The molecule has 1 N–H and O–H groups in total. The monoisotopic (exact) mass is 320 g/mol. The quantitative estimate of drug-likeness (QED) is 0.634. The Labute approximate surface area is 134 Å². The van der Waals surface area contributed by atoms with E-state index in [1.165, 1.54) is 6.07 Å². The van der Waals surface area contributed by atoms with Gasteiger partial charge in [-0.05, 0) is 37.3 Å². The van der Waals surface area contributed by atoms with E-state index in [2.05, 4.69) is 0 Å². The molecule has 1 aromatic rings. The molecule has 1 rings (SSSR count). The van der Waals surface area contributed by atoms with Crippen LogP contribution in [0.2, 0.25) is 0 Å². The van der Waals surface area contributed by atoms with Crippen molar-refractivity contribution in [3.05, 3.63) is 34.4 Å². The van der Waals surface area contributed by atoms with Crippen LogP contribution in [-0.2, 0) is 11.2 Å². The molecule has 0 aromatic heterocycles. The number of aryl methyl sites for hydroxylation is 1. The van der Waals surface area contributed by atoms with Gasteiger partial charge in [0.1, 0.15) is 0 Å². The maximum atomic E-state index is 11.2. The molecule has 0 unspecified atom stereocenters. The van der Waals surface area contributed by atoms with Gasteiger partial charge in [-0.2, -0.15) is 0 Å². The number of hydrogen-bond donors (Lipinski definition) is 1. The summed E-state index contributed by atoms with van der Waals surface area (Å²) in [5.74, 6) is -3.84. The van der Waals surface area contributed by atoms with E-state index in [1.807, 2.05) is 0 Å². The van der Waals surface area contributed by atoms with Crippen LogP contribution in [0.5, 0.6) is 0 Å². The van der Waals surface area contributed by atoms with Crippen molar-refractivity contribution < 1.29 is 29.7 Å². The summed E-state index contributed by atoms with van der Waals surface area (Å²) >= 11 is 0. The van der Waals surface area contributed by atoms with Crippen LogP contribution in [0, 0.1) is 6.92 Å². The van der Waals surface area contributed by atoms with Crippen molar-refractivity contribution in [2.45, 2.75) is 51.9 Å². The standard InChI is InChI=1S/C17H22O6/c1-11-12(7-5-3-2-4-6-8-14(18)19)9-10-13(16(20)21)15(11)17(22)23/h9-10H,2-8H2,1H3,(H,18,19)(H,20,21)(H,22,23)/p-2. The molecule has 0 bridgehead atoms. The molecule has 0 spiro atoms. The van der Waals surface area contributed by atoms with Crippen LogP contribution in [0.3, 0.4) is 0 Å². The molecule has 23 heavy (non-hydrogen) atoms. The van der Waals surface area contributed by atoms with E-state index in [4.69, 9.17) is 5.11 Å². The van der Waals surface area contributed by atoms with Gasteiger partial charge in [0.15, 0.2) is 0 Å². The van der Waals surface area contributed by atoms with Crippen LogP contribution < -0.4 is 10.2 Å². The highest BCUT2D eigenvalue weighted by atomic mass is 16.4. The molecule has 6 heteroatoms. The molecule has 0 fully saturated rings. The summed E-state index contributed by atoms with van der Waals surface area (Å²) in [6.45, 7) is 1.57. The second kappa shape index (κ2) is 8.92. The second-order valence-electron chi connectivity index (χ2n) is 5.51. The zero-order valence-electron chi connectivity index (χ0n) is 13.1. The molecule has 0 aliphatic carbocycles. The van der Waals surface area contributed by atoms with Gasteiger partial charge in [0.25, 0.3) is 0 Å². The Hall–Kier alpha value is -2.37. The zero-order chi connectivity index (χ0) is 17.4. The average molecular weight is 320 g/mol. The van der Waals surface area contributed by atoms with Crippen LogP contribution >= 0.6 is 0 Å². The van der Waals surface area contributed by atoms with Gasteiger partial charge >= 0.3 is 5.97 Å². The first-order valence-electron chi connectivity index (χ1n) is 7.61.